The third-order valence-electron chi connectivity index (χ3n) is 4.10. The van der Waals surface area contributed by atoms with E-state index in [1.54, 1.807) is 0 Å². The maximum atomic E-state index is 3.24. The summed E-state index contributed by atoms with van der Waals surface area (Å²) in [4.78, 5) is 2.62. The molecular formula is C16H26N2. The Labute approximate surface area is 111 Å². The van der Waals surface area contributed by atoms with Gasteiger partial charge in [0.2, 0.25) is 0 Å². The molecule has 2 heteroatoms. The summed E-state index contributed by atoms with van der Waals surface area (Å²) in [6.07, 6.45) is 3.85. The number of nitrogens with one attached hydrogen (secondary N) is 1. The maximum Gasteiger partial charge on any atom is 0.0236 e. The topological polar surface area (TPSA) is 15.3 Å². The Kier molecular flexibility index (Phi) is 5.21. The molecule has 1 aromatic carbocycles. The van der Waals surface area contributed by atoms with E-state index in [1.165, 1.54) is 37.1 Å². The zero-order valence-electron chi connectivity index (χ0n) is 11.8. The number of benzene rings is 1. The van der Waals surface area contributed by atoms with E-state index in [-0.39, 0.29) is 0 Å². The molecule has 1 aromatic rings. The molecule has 1 unspecified atom stereocenters. The molecule has 1 fully saturated rings. The van der Waals surface area contributed by atoms with E-state index in [0.29, 0.717) is 0 Å². The molecule has 0 amide bonds. The maximum absolute atomic E-state index is 3.24. The second kappa shape index (κ2) is 6.91. The summed E-state index contributed by atoms with van der Waals surface area (Å²) in [5.74, 6) is 0.925. The Hall–Kier alpha value is -0.860. The summed E-state index contributed by atoms with van der Waals surface area (Å²) in [5, 5.41) is 3.24. The van der Waals surface area contributed by atoms with Crippen LogP contribution in [-0.4, -0.2) is 31.6 Å². The van der Waals surface area contributed by atoms with Crippen molar-refractivity contribution in [3.63, 3.8) is 0 Å². The quantitative estimate of drug-likeness (QED) is 0.830. The molecule has 0 bridgehead atoms. The zero-order chi connectivity index (χ0) is 12.8. The Balaban J connectivity index is 1.96. The van der Waals surface area contributed by atoms with Crippen LogP contribution in [0, 0.1) is 5.92 Å². The van der Waals surface area contributed by atoms with Gasteiger partial charge in [-0.15, -0.1) is 0 Å². The largest absolute Gasteiger partial charge is 0.319 e. The first kappa shape index (κ1) is 13.6. The van der Waals surface area contributed by atoms with Crippen molar-refractivity contribution in [3.05, 3.63) is 35.4 Å². The summed E-state index contributed by atoms with van der Waals surface area (Å²) >= 11 is 0. The van der Waals surface area contributed by atoms with Gasteiger partial charge in [-0.25, -0.2) is 0 Å². The average molecular weight is 246 g/mol. The van der Waals surface area contributed by atoms with Crippen LogP contribution in [0.2, 0.25) is 0 Å². The molecule has 0 aliphatic carbocycles. The summed E-state index contributed by atoms with van der Waals surface area (Å²) < 4.78 is 0. The van der Waals surface area contributed by atoms with Gasteiger partial charge >= 0.3 is 0 Å². The third-order valence-corrected chi connectivity index (χ3v) is 4.10. The van der Waals surface area contributed by atoms with Gasteiger partial charge in [0.25, 0.3) is 0 Å². The van der Waals surface area contributed by atoms with E-state index in [9.17, 15) is 0 Å². The first-order valence-corrected chi connectivity index (χ1v) is 7.27. The number of likely N-dealkylation sites (N-methyl/N-ethyl adjacent to an activating group) is 1. The van der Waals surface area contributed by atoms with Crippen LogP contribution in [0.5, 0.6) is 0 Å². The fourth-order valence-electron chi connectivity index (χ4n) is 2.85. The van der Waals surface area contributed by atoms with Crippen molar-refractivity contribution in [2.24, 2.45) is 5.92 Å². The highest BCUT2D eigenvalue weighted by Crippen LogP contribution is 2.22. The minimum atomic E-state index is 0.925. The molecular weight excluding hydrogens is 220 g/mol. The lowest BCUT2D eigenvalue weighted by atomic mass is 10.0. The lowest BCUT2D eigenvalue weighted by molar-refractivity contribution is 0.314. The molecule has 0 spiro atoms. The van der Waals surface area contributed by atoms with E-state index in [0.717, 1.165) is 25.4 Å². The van der Waals surface area contributed by atoms with Crippen molar-refractivity contribution < 1.29 is 0 Å². The van der Waals surface area contributed by atoms with Gasteiger partial charge in [0.15, 0.2) is 0 Å². The molecule has 1 heterocycles. The van der Waals surface area contributed by atoms with Gasteiger partial charge in [-0.3, -0.25) is 4.90 Å². The minimum absolute atomic E-state index is 0.925. The Bertz CT molecular complexity index is 362. The van der Waals surface area contributed by atoms with Gasteiger partial charge in [0.1, 0.15) is 0 Å². The van der Waals surface area contributed by atoms with Crippen molar-refractivity contribution in [2.75, 3.05) is 26.7 Å². The fraction of sp³-hybridized carbons (Fsp3) is 0.625. The predicted molar refractivity (Wildman–Crippen MR) is 77.7 cm³/mol. The van der Waals surface area contributed by atoms with E-state index >= 15 is 0 Å². The Morgan fingerprint density at radius 2 is 2.06 bits per heavy atom. The highest BCUT2D eigenvalue weighted by atomic mass is 15.1. The van der Waals surface area contributed by atoms with E-state index in [1.807, 2.05) is 7.05 Å². The van der Waals surface area contributed by atoms with Gasteiger partial charge in [-0.05, 0) is 50.0 Å². The summed E-state index contributed by atoms with van der Waals surface area (Å²) in [6.45, 7) is 7.08. The molecule has 1 saturated heterocycles. The molecule has 1 N–H and O–H groups in total. The first-order valence-electron chi connectivity index (χ1n) is 7.27. The molecule has 0 radical (unpaired) electrons. The van der Waals surface area contributed by atoms with Gasteiger partial charge < -0.3 is 5.32 Å². The van der Waals surface area contributed by atoms with Crippen molar-refractivity contribution >= 4 is 0 Å². The van der Waals surface area contributed by atoms with Crippen LogP contribution in [0.25, 0.3) is 0 Å². The molecule has 1 aliphatic rings. The molecule has 0 aromatic heterocycles. The lowest BCUT2D eigenvalue weighted by Crippen LogP contribution is -2.21. The summed E-state index contributed by atoms with van der Waals surface area (Å²) in [7, 11) is 2.02. The number of rotatable bonds is 6. The van der Waals surface area contributed by atoms with Crippen LogP contribution in [0.4, 0.5) is 0 Å². The van der Waals surface area contributed by atoms with Crippen LogP contribution in [0.3, 0.4) is 0 Å². The molecule has 2 rings (SSSR count). The van der Waals surface area contributed by atoms with Gasteiger partial charge in [-0.2, -0.15) is 0 Å². The molecule has 0 saturated carbocycles. The smallest absolute Gasteiger partial charge is 0.0236 e. The second-order valence-corrected chi connectivity index (χ2v) is 5.42. The van der Waals surface area contributed by atoms with E-state index < -0.39 is 0 Å². The number of hydrogen-bond acceptors (Lipinski definition) is 2. The average Bonchev–Trinajstić information content (AvgIpc) is 2.85. The van der Waals surface area contributed by atoms with Crippen LogP contribution >= 0.6 is 0 Å². The van der Waals surface area contributed by atoms with Crippen molar-refractivity contribution in [2.45, 2.75) is 32.7 Å². The van der Waals surface area contributed by atoms with Crippen LogP contribution < -0.4 is 5.32 Å². The second-order valence-electron chi connectivity index (χ2n) is 5.42. The van der Waals surface area contributed by atoms with Crippen LogP contribution in [-0.2, 0) is 13.0 Å². The molecule has 18 heavy (non-hydrogen) atoms. The number of likely N-dealkylation sites (tertiary alicyclic amines) is 1. The van der Waals surface area contributed by atoms with Gasteiger partial charge in [0, 0.05) is 13.1 Å². The monoisotopic (exact) mass is 246 g/mol. The highest BCUT2D eigenvalue weighted by Gasteiger charge is 2.21. The number of nitrogens with zero attached hydrogens (tertiary/aromatic N) is 1. The standard InChI is InChI=1S/C16H26N2/c1-3-14-9-11-18(12-14)13-16-7-5-4-6-15(16)8-10-17-2/h4-7,14,17H,3,8-13H2,1-2H3. The van der Waals surface area contributed by atoms with E-state index in [2.05, 4.69) is 41.4 Å². The lowest BCUT2D eigenvalue weighted by Gasteiger charge is -2.18. The Morgan fingerprint density at radius 1 is 1.28 bits per heavy atom. The van der Waals surface area contributed by atoms with Gasteiger partial charge in [-0.1, -0.05) is 37.6 Å². The third kappa shape index (κ3) is 3.56. The summed E-state index contributed by atoms with van der Waals surface area (Å²) in [6, 6.07) is 8.91. The highest BCUT2D eigenvalue weighted by molar-refractivity contribution is 5.27. The van der Waals surface area contributed by atoms with Crippen molar-refractivity contribution in [3.8, 4) is 0 Å². The van der Waals surface area contributed by atoms with Gasteiger partial charge in [0.05, 0.1) is 0 Å². The van der Waals surface area contributed by atoms with Crippen molar-refractivity contribution in [1.29, 1.82) is 0 Å². The molecule has 100 valence electrons. The molecule has 1 atom stereocenters. The first-order chi connectivity index (χ1) is 8.83. The van der Waals surface area contributed by atoms with E-state index in [4.69, 9.17) is 0 Å². The Morgan fingerprint density at radius 3 is 2.72 bits per heavy atom. The zero-order valence-corrected chi connectivity index (χ0v) is 11.8. The van der Waals surface area contributed by atoms with Crippen molar-refractivity contribution in [1.82, 2.24) is 10.2 Å². The molecule has 1 aliphatic heterocycles. The van der Waals surface area contributed by atoms with Crippen LogP contribution in [0.15, 0.2) is 24.3 Å². The van der Waals surface area contributed by atoms with Crippen LogP contribution in [0.1, 0.15) is 30.9 Å². The fourth-order valence-corrected chi connectivity index (χ4v) is 2.85. The normalized spacial score (nSPS) is 20.4. The minimum Gasteiger partial charge on any atom is -0.319 e. The summed E-state index contributed by atoms with van der Waals surface area (Å²) in [5.41, 5.74) is 3.02. The predicted octanol–water partition coefficient (Wildman–Crippen LogP) is 2.68. The number of hydrogen-bond donors (Lipinski definition) is 1. The molecule has 2 nitrogen and oxygen atoms in total. The SMILES string of the molecule is CCC1CCN(Cc2ccccc2CCNC)C1.